The minimum absolute atomic E-state index is 0. The van der Waals surface area contributed by atoms with Crippen molar-refractivity contribution in [2.75, 3.05) is 0 Å². The van der Waals surface area contributed by atoms with Crippen LogP contribution in [0.25, 0.3) is 22.2 Å². The summed E-state index contributed by atoms with van der Waals surface area (Å²) in [5.74, 6) is 2.82. The molecule has 0 bridgehead atoms. The normalized spacial score (nSPS) is 29.0. The van der Waals surface area contributed by atoms with Gasteiger partial charge in [0.25, 0.3) is 0 Å². The molecule has 1 spiro atoms. The molecular formula is C29H24IrNO2-. The molecule has 1 fully saturated rings. The Kier molecular flexibility index (Phi) is 5.27. The summed E-state index contributed by atoms with van der Waals surface area (Å²) >= 11 is 0. The zero-order chi connectivity index (χ0) is 22.0. The van der Waals surface area contributed by atoms with Crippen molar-refractivity contribution >= 4 is 16.7 Å². The Morgan fingerprint density at radius 3 is 2.58 bits per heavy atom. The van der Waals surface area contributed by atoms with E-state index < -0.39 is 0 Å². The Bertz CT molecular complexity index is 1370. The van der Waals surface area contributed by atoms with Gasteiger partial charge in [0.05, 0.1) is 11.3 Å². The first kappa shape index (κ1) is 22.0. The van der Waals surface area contributed by atoms with Gasteiger partial charge >= 0.3 is 0 Å². The summed E-state index contributed by atoms with van der Waals surface area (Å²) < 4.78 is 0. The SMILES string of the molecule is CC(=O)/C=C(/C)O.[Ir].[c-]1cc2c(cc1-c1ccc3ccccc3n1)C1C=CC13C=CC1C2C13. The van der Waals surface area contributed by atoms with Gasteiger partial charge in [-0.25, -0.2) is 0 Å². The number of benzene rings is 2. The van der Waals surface area contributed by atoms with Crippen LogP contribution in [0.2, 0.25) is 0 Å². The molecule has 1 aromatic heterocycles. The standard InChI is InChI=1S/C24H16N.C5H8O2.Ir/c1-2-4-20-14(3-1)6-8-21(25-20)15-5-7-16-18(13-15)19-10-12-24(19)11-9-17-22(16)23(17)24;1-4(6)3-5(2)7;/h1-4,6-13,17,19,22-23H;3,6H,1-2H3;/q-1;;/b;4-3-;. The maximum absolute atomic E-state index is 10.0. The Morgan fingerprint density at radius 2 is 1.88 bits per heavy atom. The van der Waals surface area contributed by atoms with Crippen LogP contribution in [0.15, 0.2) is 84.7 Å². The van der Waals surface area contributed by atoms with Crippen LogP contribution in [0.4, 0.5) is 0 Å². The summed E-state index contributed by atoms with van der Waals surface area (Å²) in [4.78, 5) is 14.9. The number of aromatic nitrogens is 1. The van der Waals surface area contributed by atoms with Crippen LogP contribution < -0.4 is 0 Å². The van der Waals surface area contributed by atoms with Crippen molar-refractivity contribution in [1.82, 2.24) is 4.98 Å². The third kappa shape index (κ3) is 3.36. The monoisotopic (exact) mass is 611 g/mol. The number of nitrogens with zero attached hydrogens (tertiary/aromatic N) is 1. The number of carbonyl (C=O) groups excluding carboxylic acids is 1. The van der Waals surface area contributed by atoms with E-state index in [1.807, 2.05) is 0 Å². The van der Waals surface area contributed by atoms with Crippen LogP contribution in [-0.2, 0) is 24.9 Å². The maximum Gasteiger partial charge on any atom is 0.155 e. The molecule has 5 unspecified atom stereocenters. The van der Waals surface area contributed by atoms with Gasteiger partial charge in [-0.2, -0.15) is 0 Å². The van der Waals surface area contributed by atoms with Crippen LogP contribution >= 0.6 is 0 Å². The number of carbonyl (C=O) groups is 1. The summed E-state index contributed by atoms with van der Waals surface area (Å²) in [5, 5.41) is 9.55. The van der Waals surface area contributed by atoms with Gasteiger partial charge in [-0.15, -0.1) is 34.9 Å². The molecule has 167 valence electrons. The summed E-state index contributed by atoms with van der Waals surface area (Å²) in [6.07, 6.45) is 11.0. The smallest absolute Gasteiger partial charge is 0.155 e. The van der Waals surface area contributed by atoms with E-state index in [1.165, 1.54) is 36.4 Å². The Morgan fingerprint density at radius 1 is 1.09 bits per heavy atom. The number of aliphatic hydroxyl groups is 1. The van der Waals surface area contributed by atoms with E-state index in [4.69, 9.17) is 10.1 Å². The number of aliphatic hydroxyl groups excluding tert-OH is 1. The van der Waals surface area contributed by atoms with Crippen molar-refractivity contribution in [2.45, 2.75) is 25.7 Å². The van der Waals surface area contributed by atoms with Crippen LogP contribution in [0, 0.1) is 23.3 Å². The number of rotatable bonds is 2. The molecule has 4 heteroatoms. The first-order valence-corrected chi connectivity index (χ1v) is 11.2. The van der Waals surface area contributed by atoms with E-state index >= 15 is 0 Å². The van der Waals surface area contributed by atoms with Gasteiger partial charge in [0.2, 0.25) is 0 Å². The van der Waals surface area contributed by atoms with Crippen molar-refractivity contribution in [1.29, 1.82) is 0 Å². The molecule has 4 aliphatic carbocycles. The fraction of sp³-hybridized carbons (Fsp3) is 0.241. The minimum Gasteiger partial charge on any atom is -0.512 e. The molecule has 0 aliphatic heterocycles. The third-order valence-corrected chi connectivity index (χ3v) is 7.37. The molecule has 0 amide bonds. The number of allylic oxidation sites excluding steroid dienone is 6. The second-order valence-electron chi connectivity index (χ2n) is 9.37. The largest absolute Gasteiger partial charge is 0.512 e. The molecule has 5 atom stereocenters. The Labute approximate surface area is 207 Å². The van der Waals surface area contributed by atoms with E-state index in [2.05, 4.69) is 78.9 Å². The molecule has 1 radical (unpaired) electrons. The van der Waals surface area contributed by atoms with Gasteiger partial charge in [-0.1, -0.05) is 54.6 Å². The predicted molar refractivity (Wildman–Crippen MR) is 126 cm³/mol. The van der Waals surface area contributed by atoms with Crippen molar-refractivity contribution in [3.63, 3.8) is 0 Å². The first-order valence-electron chi connectivity index (χ1n) is 11.2. The van der Waals surface area contributed by atoms with Gasteiger partial charge in [0.1, 0.15) is 0 Å². The molecule has 0 saturated heterocycles. The number of pyridine rings is 1. The predicted octanol–water partition coefficient (Wildman–Crippen LogP) is 6.29. The number of hydrogen-bond donors (Lipinski definition) is 1. The van der Waals surface area contributed by atoms with Crippen molar-refractivity contribution in [3.05, 3.63) is 102 Å². The topological polar surface area (TPSA) is 50.2 Å². The number of fused-ring (bicyclic) bond motifs is 5. The molecule has 2 aromatic carbocycles. The molecule has 3 aromatic rings. The molecule has 4 aliphatic rings. The van der Waals surface area contributed by atoms with E-state index in [0.29, 0.717) is 11.3 Å². The van der Waals surface area contributed by atoms with E-state index in [1.54, 1.807) is 0 Å². The minimum atomic E-state index is -0.125. The third-order valence-electron chi connectivity index (χ3n) is 7.37. The van der Waals surface area contributed by atoms with Gasteiger partial charge in [-0.3, -0.25) is 9.78 Å². The van der Waals surface area contributed by atoms with Crippen molar-refractivity contribution < 1.29 is 30.0 Å². The first-order chi connectivity index (χ1) is 15.5. The van der Waals surface area contributed by atoms with E-state index in [9.17, 15) is 4.79 Å². The molecule has 7 rings (SSSR count). The average molecular weight is 611 g/mol. The second-order valence-corrected chi connectivity index (χ2v) is 9.37. The van der Waals surface area contributed by atoms with Crippen LogP contribution in [0.1, 0.15) is 36.8 Å². The maximum atomic E-state index is 10.0. The summed E-state index contributed by atoms with van der Waals surface area (Å²) in [6.45, 7) is 2.85. The van der Waals surface area contributed by atoms with Crippen molar-refractivity contribution in [2.24, 2.45) is 17.3 Å². The summed E-state index contributed by atoms with van der Waals surface area (Å²) in [5.41, 5.74) is 6.58. The molecule has 3 nitrogen and oxygen atoms in total. The number of ketones is 1. The Hall–Kier alpha value is -2.81. The van der Waals surface area contributed by atoms with Gasteiger partial charge < -0.3 is 5.11 Å². The van der Waals surface area contributed by atoms with Gasteiger partial charge in [0.15, 0.2) is 5.78 Å². The van der Waals surface area contributed by atoms with E-state index in [0.717, 1.165) is 34.5 Å². The molecule has 33 heavy (non-hydrogen) atoms. The average Bonchev–Trinajstić information content (AvgIpc) is 3.32. The Balaban J connectivity index is 0.000000253. The van der Waals surface area contributed by atoms with Crippen LogP contribution in [0.3, 0.4) is 0 Å². The van der Waals surface area contributed by atoms with Crippen LogP contribution in [0.5, 0.6) is 0 Å². The van der Waals surface area contributed by atoms with Crippen LogP contribution in [-0.4, -0.2) is 15.9 Å². The number of hydrogen-bond acceptors (Lipinski definition) is 3. The molecule has 1 saturated carbocycles. The fourth-order valence-electron chi connectivity index (χ4n) is 6.01. The van der Waals surface area contributed by atoms with Gasteiger partial charge in [0, 0.05) is 31.6 Å². The molecule has 1 heterocycles. The van der Waals surface area contributed by atoms with E-state index in [-0.39, 0.29) is 31.6 Å². The zero-order valence-corrected chi connectivity index (χ0v) is 20.8. The second kappa shape index (κ2) is 7.90. The summed E-state index contributed by atoms with van der Waals surface area (Å²) in [7, 11) is 0. The van der Waals surface area contributed by atoms with Gasteiger partial charge in [-0.05, 0) is 54.7 Å². The summed E-state index contributed by atoms with van der Waals surface area (Å²) in [6, 6.07) is 20.8. The zero-order valence-electron chi connectivity index (χ0n) is 18.5. The molecular weight excluding hydrogens is 587 g/mol. The quantitative estimate of drug-likeness (QED) is 0.161. The molecule has 1 N–H and O–H groups in total. The fourth-order valence-corrected chi connectivity index (χ4v) is 6.01. The van der Waals surface area contributed by atoms with Crippen molar-refractivity contribution in [3.8, 4) is 11.3 Å². The number of para-hydroxylation sites is 1.